The van der Waals surface area contributed by atoms with E-state index in [0.717, 1.165) is 24.9 Å². The minimum Gasteiger partial charge on any atom is -0.316 e. The number of hydrogen-bond donors (Lipinski definition) is 1. The lowest BCUT2D eigenvalue weighted by molar-refractivity contribution is -0.384. The summed E-state index contributed by atoms with van der Waals surface area (Å²) in [6.07, 6.45) is 1.52. The van der Waals surface area contributed by atoms with Crippen LogP contribution in [0.5, 0.6) is 0 Å². The van der Waals surface area contributed by atoms with Crippen molar-refractivity contribution in [3.8, 4) is 0 Å². The van der Waals surface area contributed by atoms with Gasteiger partial charge in [-0.1, -0.05) is 12.1 Å². The first kappa shape index (κ1) is 14.9. The Labute approximate surface area is 118 Å². The molecule has 1 heterocycles. The maximum atomic E-state index is 11.3. The molecule has 1 aromatic carbocycles. The molecular formula is C13H18N2O4S. The van der Waals surface area contributed by atoms with Crippen LogP contribution in [-0.4, -0.2) is 37.9 Å². The van der Waals surface area contributed by atoms with Crippen LogP contribution in [0.3, 0.4) is 0 Å². The van der Waals surface area contributed by atoms with Gasteiger partial charge in [0.2, 0.25) is 0 Å². The SMILES string of the molecule is O=[N+]([O-])c1ccc(CCNCC2CCS(=O)(=O)C2)cc1. The maximum absolute atomic E-state index is 11.3. The molecule has 1 aliphatic rings. The molecule has 1 N–H and O–H groups in total. The number of nitro groups is 1. The lowest BCUT2D eigenvalue weighted by Gasteiger charge is -2.09. The highest BCUT2D eigenvalue weighted by atomic mass is 32.2. The molecule has 1 unspecified atom stereocenters. The highest BCUT2D eigenvalue weighted by Crippen LogP contribution is 2.17. The summed E-state index contributed by atoms with van der Waals surface area (Å²) in [5.41, 5.74) is 1.13. The van der Waals surface area contributed by atoms with Crippen molar-refractivity contribution in [1.82, 2.24) is 5.32 Å². The Morgan fingerprint density at radius 1 is 1.30 bits per heavy atom. The van der Waals surface area contributed by atoms with E-state index in [1.54, 1.807) is 12.1 Å². The van der Waals surface area contributed by atoms with E-state index in [0.29, 0.717) is 12.3 Å². The van der Waals surface area contributed by atoms with Crippen LogP contribution in [0.2, 0.25) is 0 Å². The van der Waals surface area contributed by atoms with Crippen LogP contribution in [0.15, 0.2) is 24.3 Å². The number of nitrogens with zero attached hydrogens (tertiary/aromatic N) is 1. The van der Waals surface area contributed by atoms with Gasteiger partial charge in [0.25, 0.3) is 5.69 Å². The van der Waals surface area contributed by atoms with Gasteiger partial charge >= 0.3 is 0 Å². The maximum Gasteiger partial charge on any atom is 0.269 e. The molecule has 1 saturated heterocycles. The Kier molecular flexibility index (Phi) is 4.72. The molecule has 6 nitrogen and oxygen atoms in total. The highest BCUT2D eigenvalue weighted by molar-refractivity contribution is 7.91. The minimum absolute atomic E-state index is 0.0953. The number of sulfone groups is 1. The normalized spacial score (nSPS) is 20.9. The zero-order chi connectivity index (χ0) is 14.6. The Morgan fingerprint density at radius 2 is 2.00 bits per heavy atom. The molecule has 110 valence electrons. The summed E-state index contributed by atoms with van der Waals surface area (Å²) < 4.78 is 22.6. The third kappa shape index (κ3) is 4.28. The van der Waals surface area contributed by atoms with Crippen molar-refractivity contribution >= 4 is 15.5 Å². The Morgan fingerprint density at radius 3 is 2.55 bits per heavy atom. The number of benzene rings is 1. The summed E-state index contributed by atoms with van der Waals surface area (Å²) in [5.74, 6) is 0.816. The molecule has 7 heteroatoms. The second-order valence-electron chi connectivity index (χ2n) is 5.15. The van der Waals surface area contributed by atoms with Crippen LogP contribution in [0.25, 0.3) is 0 Å². The first-order valence-electron chi connectivity index (χ1n) is 6.61. The van der Waals surface area contributed by atoms with E-state index in [1.165, 1.54) is 12.1 Å². The molecule has 0 radical (unpaired) electrons. The van der Waals surface area contributed by atoms with Gasteiger partial charge in [-0.05, 0) is 37.4 Å². The summed E-state index contributed by atoms with van der Waals surface area (Å²) in [5, 5.41) is 13.8. The van der Waals surface area contributed by atoms with E-state index in [1.807, 2.05) is 0 Å². The van der Waals surface area contributed by atoms with Crippen molar-refractivity contribution in [2.45, 2.75) is 12.8 Å². The minimum atomic E-state index is -2.80. The lowest BCUT2D eigenvalue weighted by atomic mass is 10.1. The van der Waals surface area contributed by atoms with Gasteiger partial charge in [-0.2, -0.15) is 0 Å². The average molecular weight is 298 g/mol. The second kappa shape index (κ2) is 6.32. The molecule has 0 bridgehead atoms. The molecule has 1 atom stereocenters. The van der Waals surface area contributed by atoms with Crippen molar-refractivity contribution in [2.24, 2.45) is 5.92 Å². The molecule has 1 fully saturated rings. The Balaban J connectivity index is 1.70. The molecule has 2 rings (SSSR count). The Hall–Kier alpha value is -1.47. The van der Waals surface area contributed by atoms with Crippen LogP contribution < -0.4 is 5.32 Å². The van der Waals surface area contributed by atoms with Crippen LogP contribution in [-0.2, 0) is 16.3 Å². The van der Waals surface area contributed by atoms with Gasteiger partial charge in [-0.25, -0.2) is 8.42 Å². The zero-order valence-corrected chi connectivity index (χ0v) is 11.9. The van der Waals surface area contributed by atoms with E-state index in [4.69, 9.17) is 0 Å². The van der Waals surface area contributed by atoms with Crippen molar-refractivity contribution in [1.29, 1.82) is 0 Å². The van der Waals surface area contributed by atoms with Crippen LogP contribution in [0, 0.1) is 16.0 Å². The molecule has 0 aliphatic carbocycles. The number of non-ortho nitro benzene ring substituents is 1. The fourth-order valence-electron chi connectivity index (χ4n) is 2.36. The molecular weight excluding hydrogens is 280 g/mol. The topological polar surface area (TPSA) is 89.3 Å². The number of nitrogens with one attached hydrogen (secondary N) is 1. The van der Waals surface area contributed by atoms with Crippen molar-refractivity contribution < 1.29 is 13.3 Å². The standard InChI is InChI=1S/C13H18N2O4S/c16-15(17)13-3-1-11(2-4-13)5-7-14-9-12-6-8-20(18,19)10-12/h1-4,12,14H,5-10H2. The highest BCUT2D eigenvalue weighted by Gasteiger charge is 2.27. The third-order valence-corrected chi connectivity index (χ3v) is 5.33. The molecule has 0 amide bonds. The summed E-state index contributed by atoms with van der Waals surface area (Å²) >= 11 is 0. The van der Waals surface area contributed by atoms with Crippen molar-refractivity contribution in [3.63, 3.8) is 0 Å². The fraction of sp³-hybridized carbons (Fsp3) is 0.538. The number of nitro benzene ring substituents is 1. The fourth-order valence-corrected chi connectivity index (χ4v) is 4.22. The lowest BCUT2D eigenvalue weighted by Crippen LogP contribution is -2.25. The molecule has 0 aromatic heterocycles. The summed E-state index contributed by atoms with van der Waals surface area (Å²) in [6.45, 7) is 1.46. The van der Waals surface area contributed by atoms with E-state index in [9.17, 15) is 18.5 Å². The van der Waals surface area contributed by atoms with Gasteiger partial charge in [0.05, 0.1) is 16.4 Å². The van der Waals surface area contributed by atoms with Crippen LogP contribution in [0.1, 0.15) is 12.0 Å². The first-order chi connectivity index (χ1) is 9.46. The van der Waals surface area contributed by atoms with Crippen molar-refractivity contribution in [3.05, 3.63) is 39.9 Å². The molecule has 0 spiro atoms. The van der Waals surface area contributed by atoms with Gasteiger partial charge in [0.1, 0.15) is 0 Å². The molecule has 20 heavy (non-hydrogen) atoms. The average Bonchev–Trinajstić information content (AvgIpc) is 2.75. The van der Waals surface area contributed by atoms with E-state index >= 15 is 0 Å². The van der Waals surface area contributed by atoms with E-state index in [2.05, 4.69) is 5.32 Å². The van der Waals surface area contributed by atoms with E-state index in [-0.39, 0.29) is 17.4 Å². The number of rotatable bonds is 6. The predicted molar refractivity (Wildman–Crippen MR) is 76.4 cm³/mol. The molecule has 1 aromatic rings. The van der Waals surface area contributed by atoms with Gasteiger partial charge in [0.15, 0.2) is 9.84 Å². The quantitative estimate of drug-likeness (QED) is 0.483. The second-order valence-corrected chi connectivity index (χ2v) is 7.38. The van der Waals surface area contributed by atoms with E-state index < -0.39 is 14.8 Å². The summed E-state index contributed by atoms with van der Waals surface area (Å²) in [4.78, 5) is 10.1. The van der Waals surface area contributed by atoms with Crippen molar-refractivity contribution in [2.75, 3.05) is 24.6 Å². The zero-order valence-electron chi connectivity index (χ0n) is 11.1. The molecule has 1 aliphatic heterocycles. The Bertz CT molecular complexity index is 569. The van der Waals surface area contributed by atoms with Crippen LogP contribution >= 0.6 is 0 Å². The molecule has 0 saturated carbocycles. The van der Waals surface area contributed by atoms with Gasteiger partial charge in [-0.15, -0.1) is 0 Å². The summed E-state index contributed by atoms with van der Waals surface area (Å²) in [6, 6.07) is 6.50. The van der Waals surface area contributed by atoms with Gasteiger partial charge in [0, 0.05) is 12.1 Å². The summed E-state index contributed by atoms with van der Waals surface area (Å²) in [7, 11) is -2.80. The predicted octanol–water partition coefficient (Wildman–Crippen LogP) is 1.16. The van der Waals surface area contributed by atoms with Gasteiger partial charge in [-0.3, -0.25) is 10.1 Å². The third-order valence-electron chi connectivity index (χ3n) is 3.50. The monoisotopic (exact) mass is 298 g/mol. The van der Waals surface area contributed by atoms with Crippen LogP contribution in [0.4, 0.5) is 5.69 Å². The van der Waals surface area contributed by atoms with Gasteiger partial charge < -0.3 is 5.32 Å². The largest absolute Gasteiger partial charge is 0.316 e. The first-order valence-corrected chi connectivity index (χ1v) is 8.43. The number of hydrogen-bond acceptors (Lipinski definition) is 5. The smallest absolute Gasteiger partial charge is 0.269 e.